The van der Waals surface area contributed by atoms with Crippen LogP contribution in [0.5, 0.6) is 17.2 Å². The lowest BCUT2D eigenvalue weighted by Gasteiger charge is -2.14. The van der Waals surface area contributed by atoms with Gasteiger partial charge in [0.2, 0.25) is 0 Å². The van der Waals surface area contributed by atoms with E-state index in [-0.39, 0.29) is 6.10 Å². The van der Waals surface area contributed by atoms with Gasteiger partial charge in [0.1, 0.15) is 5.75 Å². The SMILES string of the molecule is COc1cc(C(=O)N/N=C\c2ccccc2OCC(=O)O)ccc1OC(C)C. The molecule has 2 rings (SSSR count). The molecule has 0 unspecified atom stereocenters. The van der Waals surface area contributed by atoms with Crippen molar-refractivity contribution in [2.24, 2.45) is 5.10 Å². The first-order valence-electron chi connectivity index (χ1n) is 8.52. The Balaban J connectivity index is 2.07. The smallest absolute Gasteiger partial charge is 0.341 e. The highest BCUT2D eigenvalue weighted by molar-refractivity contribution is 5.95. The summed E-state index contributed by atoms with van der Waals surface area (Å²) < 4.78 is 16.1. The fourth-order valence-electron chi connectivity index (χ4n) is 2.24. The maximum absolute atomic E-state index is 12.3. The van der Waals surface area contributed by atoms with E-state index < -0.39 is 18.5 Å². The van der Waals surface area contributed by atoms with Crippen LogP contribution in [0.4, 0.5) is 0 Å². The van der Waals surface area contributed by atoms with Gasteiger partial charge in [-0.1, -0.05) is 12.1 Å². The molecule has 0 bridgehead atoms. The summed E-state index contributed by atoms with van der Waals surface area (Å²) in [5.41, 5.74) is 3.29. The molecule has 0 aliphatic rings. The third-order valence-corrected chi connectivity index (χ3v) is 3.43. The molecule has 0 fully saturated rings. The van der Waals surface area contributed by atoms with Crippen LogP contribution in [-0.4, -0.2) is 43.0 Å². The summed E-state index contributed by atoms with van der Waals surface area (Å²) in [6, 6.07) is 11.6. The summed E-state index contributed by atoms with van der Waals surface area (Å²) >= 11 is 0. The van der Waals surface area contributed by atoms with Crippen LogP contribution in [0.15, 0.2) is 47.6 Å². The summed E-state index contributed by atoms with van der Waals surface area (Å²) in [5.74, 6) is -0.187. The van der Waals surface area contributed by atoms with E-state index in [0.717, 1.165) is 0 Å². The van der Waals surface area contributed by atoms with Crippen molar-refractivity contribution in [2.75, 3.05) is 13.7 Å². The Morgan fingerprint density at radius 3 is 2.57 bits per heavy atom. The number of benzene rings is 2. The van der Waals surface area contributed by atoms with Crippen LogP contribution in [-0.2, 0) is 4.79 Å². The Morgan fingerprint density at radius 2 is 1.89 bits per heavy atom. The minimum Gasteiger partial charge on any atom is -0.493 e. The van der Waals surface area contributed by atoms with Gasteiger partial charge in [-0.15, -0.1) is 0 Å². The van der Waals surface area contributed by atoms with Gasteiger partial charge in [0.15, 0.2) is 18.1 Å². The van der Waals surface area contributed by atoms with Crippen molar-refractivity contribution in [3.05, 3.63) is 53.6 Å². The molecule has 0 aliphatic carbocycles. The van der Waals surface area contributed by atoms with Gasteiger partial charge in [0.05, 0.1) is 19.4 Å². The highest BCUT2D eigenvalue weighted by atomic mass is 16.5. The van der Waals surface area contributed by atoms with E-state index in [1.54, 1.807) is 42.5 Å². The monoisotopic (exact) mass is 386 g/mol. The molecule has 8 nitrogen and oxygen atoms in total. The zero-order valence-electron chi connectivity index (χ0n) is 15.8. The molecular weight excluding hydrogens is 364 g/mol. The van der Waals surface area contributed by atoms with Crippen LogP contribution >= 0.6 is 0 Å². The summed E-state index contributed by atoms with van der Waals surface area (Å²) in [6.45, 7) is 3.32. The van der Waals surface area contributed by atoms with Crippen molar-refractivity contribution in [3.63, 3.8) is 0 Å². The first-order chi connectivity index (χ1) is 13.4. The first-order valence-corrected chi connectivity index (χ1v) is 8.52. The van der Waals surface area contributed by atoms with Crippen LogP contribution in [0.3, 0.4) is 0 Å². The number of carboxylic acids is 1. The molecule has 2 N–H and O–H groups in total. The number of rotatable bonds is 9. The summed E-state index contributed by atoms with van der Waals surface area (Å²) in [6.07, 6.45) is 1.35. The second-order valence-electron chi connectivity index (χ2n) is 5.95. The van der Waals surface area contributed by atoms with Crippen molar-refractivity contribution in [2.45, 2.75) is 20.0 Å². The average molecular weight is 386 g/mol. The van der Waals surface area contributed by atoms with Gasteiger partial charge >= 0.3 is 5.97 Å². The van der Waals surface area contributed by atoms with Crippen molar-refractivity contribution < 1.29 is 28.9 Å². The van der Waals surface area contributed by atoms with E-state index in [9.17, 15) is 9.59 Å². The molecule has 0 saturated carbocycles. The van der Waals surface area contributed by atoms with Crippen molar-refractivity contribution >= 4 is 18.1 Å². The number of carboxylic acid groups (broad SMARTS) is 1. The largest absolute Gasteiger partial charge is 0.493 e. The standard InChI is InChI=1S/C20H22N2O6/c1-13(2)28-17-9-8-14(10-18(17)26-3)20(25)22-21-11-15-6-4-5-7-16(15)27-12-19(23)24/h4-11,13H,12H2,1-3H3,(H,22,25)(H,23,24)/b21-11-. The maximum atomic E-state index is 12.3. The lowest BCUT2D eigenvalue weighted by Crippen LogP contribution is -2.18. The third kappa shape index (κ3) is 6.01. The quantitative estimate of drug-likeness (QED) is 0.507. The van der Waals surface area contributed by atoms with Gasteiger partial charge < -0.3 is 19.3 Å². The van der Waals surface area contributed by atoms with Crippen LogP contribution in [0.25, 0.3) is 0 Å². The molecule has 0 heterocycles. The number of ether oxygens (including phenoxy) is 3. The zero-order chi connectivity index (χ0) is 20.5. The average Bonchev–Trinajstić information content (AvgIpc) is 2.66. The van der Waals surface area contributed by atoms with E-state index in [4.69, 9.17) is 19.3 Å². The molecule has 28 heavy (non-hydrogen) atoms. The number of carbonyl (C=O) groups is 2. The van der Waals surface area contributed by atoms with E-state index in [0.29, 0.717) is 28.4 Å². The van der Waals surface area contributed by atoms with Gasteiger partial charge in [-0.2, -0.15) is 5.10 Å². The van der Waals surface area contributed by atoms with Crippen LogP contribution in [0, 0.1) is 0 Å². The third-order valence-electron chi connectivity index (χ3n) is 3.43. The van der Waals surface area contributed by atoms with Gasteiger partial charge in [-0.05, 0) is 44.2 Å². The lowest BCUT2D eigenvalue weighted by atomic mass is 10.2. The second kappa shape index (κ2) is 9.96. The van der Waals surface area contributed by atoms with E-state index in [2.05, 4.69) is 10.5 Å². The molecule has 0 saturated heterocycles. The Bertz CT molecular complexity index is 864. The minimum absolute atomic E-state index is 0.0263. The van der Waals surface area contributed by atoms with Gasteiger partial charge in [0.25, 0.3) is 5.91 Å². The first kappa shape index (κ1) is 20.8. The number of nitrogens with zero attached hydrogens (tertiary/aromatic N) is 1. The van der Waals surface area contributed by atoms with Crippen molar-refractivity contribution in [1.82, 2.24) is 5.43 Å². The fraction of sp³-hybridized carbons (Fsp3) is 0.250. The molecule has 0 spiro atoms. The number of methoxy groups -OCH3 is 1. The minimum atomic E-state index is -1.08. The van der Waals surface area contributed by atoms with E-state index in [1.165, 1.54) is 13.3 Å². The maximum Gasteiger partial charge on any atom is 0.341 e. The zero-order valence-corrected chi connectivity index (χ0v) is 15.8. The van der Waals surface area contributed by atoms with Gasteiger partial charge in [0, 0.05) is 11.1 Å². The van der Waals surface area contributed by atoms with Crippen LogP contribution in [0.2, 0.25) is 0 Å². The van der Waals surface area contributed by atoms with Crippen molar-refractivity contribution in [1.29, 1.82) is 0 Å². The van der Waals surface area contributed by atoms with Gasteiger partial charge in [-0.25, -0.2) is 10.2 Å². The number of nitrogens with one attached hydrogen (secondary N) is 1. The second-order valence-corrected chi connectivity index (χ2v) is 5.95. The van der Waals surface area contributed by atoms with Crippen LogP contribution < -0.4 is 19.6 Å². The number of para-hydroxylation sites is 1. The Labute approximate surface area is 162 Å². The molecule has 0 atom stereocenters. The summed E-state index contributed by atoms with van der Waals surface area (Å²) in [4.78, 5) is 23.0. The Kier molecular flexibility index (Phi) is 7.38. The molecule has 2 aromatic rings. The number of amides is 1. The number of hydrazone groups is 1. The number of hydrogen-bond acceptors (Lipinski definition) is 6. The number of aliphatic carboxylic acids is 1. The molecule has 0 aliphatic heterocycles. The molecular formula is C20H22N2O6. The highest BCUT2D eigenvalue weighted by Gasteiger charge is 2.12. The van der Waals surface area contributed by atoms with E-state index >= 15 is 0 Å². The molecule has 148 valence electrons. The molecule has 8 heteroatoms. The summed E-state index contributed by atoms with van der Waals surface area (Å²) in [5, 5.41) is 12.6. The number of hydrogen-bond donors (Lipinski definition) is 2. The number of carbonyl (C=O) groups excluding carboxylic acids is 1. The molecule has 1 amide bonds. The predicted molar refractivity (Wildman–Crippen MR) is 103 cm³/mol. The van der Waals surface area contributed by atoms with Gasteiger partial charge in [-0.3, -0.25) is 4.79 Å². The predicted octanol–water partition coefficient (Wildman–Crippen LogP) is 2.71. The highest BCUT2D eigenvalue weighted by Crippen LogP contribution is 2.29. The Hall–Kier alpha value is -3.55. The topological polar surface area (TPSA) is 106 Å². The summed E-state index contributed by atoms with van der Waals surface area (Å²) in [7, 11) is 1.50. The fourth-order valence-corrected chi connectivity index (χ4v) is 2.24. The van der Waals surface area contributed by atoms with Crippen molar-refractivity contribution in [3.8, 4) is 17.2 Å². The van der Waals surface area contributed by atoms with E-state index in [1.807, 2.05) is 13.8 Å². The normalized spacial score (nSPS) is 10.7. The molecule has 2 aromatic carbocycles. The molecule has 0 radical (unpaired) electrons. The lowest BCUT2D eigenvalue weighted by molar-refractivity contribution is -0.139. The Morgan fingerprint density at radius 1 is 1.14 bits per heavy atom. The van der Waals surface area contributed by atoms with Crippen LogP contribution in [0.1, 0.15) is 29.8 Å². The molecule has 0 aromatic heterocycles.